The molecule has 5 heteroatoms. The molecule has 0 saturated carbocycles. The molecule has 0 aliphatic rings. The van der Waals surface area contributed by atoms with Crippen LogP contribution in [-0.2, 0) is 5.41 Å². The molecule has 21 heavy (non-hydrogen) atoms. The number of nitrogens with two attached hydrogens (primary N) is 1. The van der Waals surface area contributed by atoms with E-state index in [4.69, 9.17) is 5.73 Å². The third-order valence-corrected chi connectivity index (χ3v) is 4.32. The Labute approximate surface area is 129 Å². The Morgan fingerprint density at radius 1 is 1.38 bits per heavy atom. The maximum absolute atomic E-state index is 12.1. The first-order valence-corrected chi connectivity index (χ1v) is 7.78. The number of amides is 1. The van der Waals surface area contributed by atoms with Gasteiger partial charge in [0.05, 0.1) is 6.20 Å². The minimum Gasteiger partial charge on any atom is -0.375 e. The number of carbonyl (C=O) groups excluding carboxylic acids is 1. The number of rotatable bonds is 5. The third kappa shape index (κ3) is 4.04. The molecule has 0 spiro atoms. The quantitative estimate of drug-likeness (QED) is 0.891. The molecule has 1 atom stereocenters. The van der Waals surface area contributed by atoms with Gasteiger partial charge in [-0.2, -0.15) is 0 Å². The van der Waals surface area contributed by atoms with Crippen molar-refractivity contribution in [3.63, 3.8) is 0 Å². The first-order valence-electron chi connectivity index (χ1n) is 6.96. The van der Waals surface area contributed by atoms with E-state index >= 15 is 0 Å². The van der Waals surface area contributed by atoms with Crippen molar-refractivity contribution < 1.29 is 4.79 Å². The summed E-state index contributed by atoms with van der Waals surface area (Å²) < 4.78 is 0. The van der Waals surface area contributed by atoms with Crippen LogP contribution >= 0.6 is 11.3 Å². The fraction of sp³-hybridized carbons (Fsp3) is 0.375. The van der Waals surface area contributed by atoms with Crippen molar-refractivity contribution in [3.05, 3.63) is 47.0 Å². The molecule has 0 aliphatic carbocycles. The van der Waals surface area contributed by atoms with Crippen LogP contribution in [-0.4, -0.2) is 16.9 Å². The van der Waals surface area contributed by atoms with Crippen LogP contribution < -0.4 is 11.1 Å². The van der Waals surface area contributed by atoms with Crippen molar-refractivity contribution in [2.24, 2.45) is 0 Å². The Balaban J connectivity index is 1.98. The Kier molecular flexibility index (Phi) is 4.63. The van der Waals surface area contributed by atoms with Gasteiger partial charge >= 0.3 is 0 Å². The molecule has 1 heterocycles. The molecule has 0 aliphatic heterocycles. The molecule has 0 unspecified atom stereocenters. The lowest BCUT2D eigenvalue weighted by Crippen LogP contribution is -2.36. The van der Waals surface area contributed by atoms with Gasteiger partial charge in [-0.1, -0.05) is 55.5 Å². The molecule has 1 aromatic heterocycles. The van der Waals surface area contributed by atoms with Crippen LogP contribution in [0.1, 0.15) is 42.4 Å². The maximum atomic E-state index is 12.1. The zero-order valence-electron chi connectivity index (χ0n) is 12.6. The number of thiazole rings is 1. The lowest BCUT2D eigenvalue weighted by atomic mass is 9.79. The van der Waals surface area contributed by atoms with Gasteiger partial charge in [0, 0.05) is 6.04 Å². The van der Waals surface area contributed by atoms with Crippen LogP contribution in [0.2, 0.25) is 0 Å². The number of carbonyl (C=O) groups is 1. The van der Waals surface area contributed by atoms with E-state index in [0.29, 0.717) is 10.0 Å². The molecular weight excluding hydrogens is 282 g/mol. The summed E-state index contributed by atoms with van der Waals surface area (Å²) in [6.07, 6.45) is 2.38. The van der Waals surface area contributed by atoms with Crippen LogP contribution in [0.5, 0.6) is 0 Å². The van der Waals surface area contributed by atoms with E-state index in [1.165, 1.54) is 23.1 Å². The summed E-state index contributed by atoms with van der Waals surface area (Å²) in [4.78, 5) is 16.5. The van der Waals surface area contributed by atoms with E-state index in [9.17, 15) is 4.79 Å². The second-order valence-corrected chi connectivity index (χ2v) is 6.95. The van der Waals surface area contributed by atoms with Gasteiger partial charge in [0.2, 0.25) is 0 Å². The maximum Gasteiger partial charge on any atom is 0.263 e. The number of hydrogen-bond donors (Lipinski definition) is 2. The normalized spacial score (nSPS) is 12.9. The highest BCUT2D eigenvalue weighted by atomic mass is 32.1. The number of nitrogens with zero attached hydrogens (tertiary/aromatic N) is 1. The Hall–Kier alpha value is -1.88. The van der Waals surface area contributed by atoms with E-state index in [1.54, 1.807) is 0 Å². The van der Waals surface area contributed by atoms with Gasteiger partial charge in [0.1, 0.15) is 4.88 Å². The summed E-state index contributed by atoms with van der Waals surface area (Å²) in [5.41, 5.74) is 6.82. The average Bonchev–Trinajstić information content (AvgIpc) is 2.86. The fourth-order valence-corrected chi connectivity index (χ4v) is 3.10. The summed E-state index contributed by atoms with van der Waals surface area (Å²) in [7, 11) is 0. The van der Waals surface area contributed by atoms with Crippen LogP contribution in [0.25, 0.3) is 0 Å². The number of benzene rings is 1. The molecule has 0 radical (unpaired) electrons. The largest absolute Gasteiger partial charge is 0.375 e. The highest BCUT2D eigenvalue weighted by Gasteiger charge is 2.24. The van der Waals surface area contributed by atoms with Gasteiger partial charge in [0.15, 0.2) is 5.13 Å². The van der Waals surface area contributed by atoms with Gasteiger partial charge < -0.3 is 11.1 Å². The highest BCUT2D eigenvalue weighted by molar-refractivity contribution is 7.17. The molecule has 1 amide bonds. The molecular formula is C16H21N3OS. The number of nitrogens with one attached hydrogen (secondary N) is 1. The second kappa shape index (κ2) is 6.26. The lowest BCUT2D eigenvalue weighted by Gasteiger charge is -2.29. The molecule has 3 N–H and O–H groups in total. The zero-order valence-corrected chi connectivity index (χ0v) is 13.4. The Morgan fingerprint density at radius 3 is 2.62 bits per heavy atom. The van der Waals surface area contributed by atoms with Crippen molar-refractivity contribution in [3.8, 4) is 0 Å². The molecule has 0 bridgehead atoms. The first kappa shape index (κ1) is 15.5. The van der Waals surface area contributed by atoms with E-state index < -0.39 is 0 Å². The van der Waals surface area contributed by atoms with E-state index in [-0.39, 0.29) is 17.4 Å². The second-order valence-electron chi connectivity index (χ2n) is 5.89. The van der Waals surface area contributed by atoms with Gasteiger partial charge in [-0.05, 0) is 24.3 Å². The molecule has 0 fully saturated rings. The number of aromatic nitrogens is 1. The minimum absolute atomic E-state index is 0.000679. The van der Waals surface area contributed by atoms with Gasteiger partial charge in [-0.15, -0.1) is 0 Å². The van der Waals surface area contributed by atoms with Gasteiger partial charge in [-0.3, -0.25) is 4.79 Å². The van der Waals surface area contributed by atoms with Crippen LogP contribution in [0.15, 0.2) is 36.5 Å². The summed E-state index contributed by atoms with van der Waals surface area (Å²) >= 11 is 1.21. The monoisotopic (exact) mass is 303 g/mol. The Morgan fingerprint density at radius 2 is 2.05 bits per heavy atom. The number of hydrogen-bond acceptors (Lipinski definition) is 4. The molecule has 0 saturated heterocycles. The Bertz CT molecular complexity index is 607. The SMILES string of the molecule is C[C@H](CC(C)(C)c1ccccc1)NC(=O)c1cnc(N)s1. The topological polar surface area (TPSA) is 68.0 Å². The van der Waals surface area contributed by atoms with E-state index in [0.717, 1.165) is 6.42 Å². The average molecular weight is 303 g/mol. The van der Waals surface area contributed by atoms with Gasteiger partial charge in [-0.25, -0.2) is 4.98 Å². The highest BCUT2D eigenvalue weighted by Crippen LogP contribution is 2.28. The molecule has 112 valence electrons. The van der Waals surface area contributed by atoms with Crippen LogP contribution in [0, 0.1) is 0 Å². The molecule has 1 aromatic carbocycles. The number of nitrogen functional groups attached to an aromatic ring is 1. The summed E-state index contributed by atoms with van der Waals surface area (Å²) in [6, 6.07) is 10.4. The molecule has 2 rings (SSSR count). The summed E-state index contributed by atoms with van der Waals surface area (Å²) in [5, 5.41) is 3.43. The predicted molar refractivity (Wildman–Crippen MR) is 87.5 cm³/mol. The zero-order chi connectivity index (χ0) is 15.5. The van der Waals surface area contributed by atoms with E-state index in [1.807, 2.05) is 25.1 Å². The summed E-state index contributed by atoms with van der Waals surface area (Å²) in [6.45, 7) is 6.40. The van der Waals surface area contributed by atoms with Crippen molar-refractivity contribution in [2.75, 3.05) is 5.73 Å². The van der Waals surface area contributed by atoms with Crippen LogP contribution in [0.3, 0.4) is 0 Å². The smallest absolute Gasteiger partial charge is 0.263 e. The minimum atomic E-state index is -0.111. The fourth-order valence-electron chi connectivity index (χ4n) is 2.51. The third-order valence-electron chi connectivity index (χ3n) is 3.50. The van der Waals surface area contributed by atoms with Crippen molar-refractivity contribution in [1.29, 1.82) is 0 Å². The van der Waals surface area contributed by atoms with Gasteiger partial charge in [0.25, 0.3) is 5.91 Å². The molecule has 4 nitrogen and oxygen atoms in total. The lowest BCUT2D eigenvalue weighted by molar-refractivity contribution is 0.0938. The van der Waals surface area contributed by atoms with Crippen molar-refractivity contribution in [2.45, 2.75) is 38.6 Å². The number of anilines is 1. The summed E-state index contributed by atoms with van der Waals surface area (Å²) in [5.74, 6) is -0.111. The molecule has 2 aromatic rings. The standard InChI is InChI=1S/C16H21N3OS/c1-11(19-14(20)13-10-18-15(17)21-13)9-16(2,3)12-7-5-4-6-8-12/h4-8,10-11H,9H2,1-3H3,(H2,17,18)(H,19,20)/t11-/m1/s1. The van der Waals surface area contributed by atoms with Crippen molar-refractivity contribution in [1.82, 2.24) is 10.3 Å². The first-order chi connectivity index (χ1) is 9.88. The van der Waals surface area contributed by atoms with Crippen molar-refractivity contribution >= 4 is 22.4 Å². The van der Waals surface area contributed by atoms with E-state index in [2.05, 4.69) is 36.3 Å². The predicted octanol–water partition coefficient (Wildman–Crippen LogP) is 3.21. The van der Waals surface area contributed by atoms with Crippen LogP contribution in [0.4, 0.5) is 5.13 Å².